The third-order valence-corrected chi connectivity index (χ3v) is 4.84. The van der Waals surface area contributed by atoms with Crippen molar-refractivity contribution < 1.29 is 19.4 Å². The van der Waals surface area contributed by atoms with Gasteiger partial charge in [-0.3, -0.25) is 4.90 Å². The van der Waals surface area contributed by atoms with Crippen molar-refractivity contribution in [1.29, 1.82) is 0 Å². The molecule has 0 aromatic rings. The molecule has 136 valence electrons. The van der Waals surface area contributed by atoms with Crippen LogP contribution in [0, 0.1) is 12.3 Å². The van der Waals surface area contributed by atoms with E-state index in [9.17, 15) is 9.90 Å². The molecule has 6 heteroatoms. The molecule has 1 unspecified atom stereocenters. The summed E-state index contributed by atoms with van der Waals surface area (Å²) in [7, 11) is 0. The first-order valence-corrected chi connectivity index (χ1v) is 9.02. The van der Waals surface area contributed by atoms with Gasteiger partial charge in [-0.2, -0.15) is 0 Å². The fourth-order valence-electron chi connectivity index (χ4n) is 3.39. The Morgan fingerprint density at radius 1 is 1.25 bits per heavy atom. The van der Waals surface area contributed by atoms with Gasteiger partial charge < -0.3 is 19.5 Å². The first kappa shape index (κ1) is 19.0. The van der Waals surface area contributed by atoms with Gasteiger partial charge in [0, 0.05) is 32.7 Å². The number of aliphatic hydroxyl groups is 1. The summed E-state index contributed by atoms with van der Waals surface area (Å²) >= 11 is 0. The highest BCUT2D eigenvalue weighted by atomic mass is 16.6. The summed E-state index contributed by atoms with van der Waals surface area (Å²) in [4.78, 5) is 15.5. The molecule has 0 aromatic carbocycles. The number of amides is 1. The summed E-state index contributed by atoms with van der Waals surface area (Å²) < 4.78 is 10.9. The zero-order valence-corrected chi connectivity index (χ0v) is 14.7. The number of terminal acetylenes is 1. The Kier molecular flexibility index (Phi) is 7.35. The van der Waals surface area contributed by atoms with Crippen LogP contribution >= 0.6 is 0 Å². The van der Waals surface area contributed by atoms with Crippen LogP contribution in [0.25, 0.3) is 0 Å². The van der Waals surface area contributed by atoms with E-state index in [0.29, 0.717) is 26.2 Å². The third kappa shape index (κ3) is 5.37. The Morgan fingerprint density at radius 3 is 2.50 bits per heavy atom. The summed E-state index contributed by atoms with van der Waals surface area (Å²) in [6.45, 7) is 5.72. The van der Waals surface area contributed by atoms with Gasteiger partial charge in [0.05, 0.1) is 19.3 Å². The first-order valence-electron chi connectivity index (χ1n) is 9.02. The van der Waals surface area contributed by atoms with Crippen molar-refractivity contribution in [2.75, 3.05) is 45.9 Å². The lowest BCUT2D eigenvalue weighted by molar-refractivity contribution is -0.0713. The lowest BCUT2D eigenvalue weighted by Gasteiger charge is -2.36. The Hall–Kier alpha value is -1.29. The Labute approximate surface area is 145 Å². The van der Waals surface area contributed by atoms with Crippen LogP contribution in [0.15, 0.2) is 0 Å². The molecule has 1 N–H and O–H groups in total. The average molecular weight is 338 g/mol. The van der Waals surface area contributed by atoms with Crippen LogP contribution < -0.4 is 0 Å². The lowest BCUT2D eigenvalue weighted by atomic mass is 9.85. The summed E-state index contributed by atoms with van der Waals surface area (Å²) in [5, 5.41) is 10.3. The van der Waals surface area contributed by atoms with Gasteiger partial charge in [0.2, 0.25) is 0 Å². The molecule has 24 heavy (non-hydrogen) atoms. The molecular formula is C18H30N2O4. The van der Waals surface area contributed by atoms with Crippen LogP contribution in [0.4, 0.5) is 4.79 Å². The number of aliphatic hydroxyl groups excluding tert-OH is 1. The molecule has 1 atom stereocenters. The smallest absolute Gasteiger partial charge is 0.409 e. The molecule has 1 amide bonds. The van der Waals surface area contributed by atoms with Gasteiger partial charge in [0.15, 0.2) is 0 Å². The van der Waals surface area contributed by atoms with Crippen LogP contribution in [0.2, 0.25) is 0 Å². The largest absolute Gasteiger partial charge is 0.450 e. The van der Waals surface area contributed by atoms with Crippen LogP contribution in [-0.2, 0) is 9.47 Å². The molecule has 2 aliphatic rings. The van der Waals surface area contributed by atoms with Gasteiger partial charge in [0.1, 0.15) is 5.60 Å². The normalized spacial score (nSPS) is 22.6. The Bertz CT molecular complexity index is 435. The van der Waals surface area contributed by atoms with E-state index in [-0.39, 0.29) is 12.7 Å². The van der Waals surface area contributed by atoms with E-state index in [2.05, 4.69) is 10.8 Å². The van der Waals surface area contributed by atoms with Gasteiger partial charge in [-0.1, -0.05) is 12.3 Å². The number of hydrogen-bond donors (Lipinski definition) is 1. The molecule has 1 aliphatic heterocycles. The van der Waals surface area contributed by atoms with Crippen molar-refractivity contribution in [3.63, 3.8) is 0 Å². The maximum absolute atomic E-state index is 11.7. The Morgan fingerprint density at radius 2 is 1.92 bits per heavy atom. The van der Waals surface area contributed by atoms with E-state index in [1.165, 1.54) is 6.42 Å². The number of carbonyl (C=O) groups excluding carboxylic acids is 1. The number of nitrogens with zero attached hydrogens (tertiary/aromatic N) is 2. The number of ether oxygens (including phenoxy) is 2. The summed E-state index contributed by atoms with van der Waals surface area (Å²) in [6.07, 6.45) is 10.0. The number of rotatable bonds is 6. The van der Waals surface area contributed by atoms with E-state index in [1.54, 1.807) is 11.8 Å². The van der Waals surface area contributed by atoms with Crippen molar-refractivity contribution in [2.45, 2.75) is 50.7 Å². The standard InChI is InChI=1S/C18H30N2O4/c1-3-18(8-6-5-7-9-18)24-15-16(21)14-19-10-12-20(13-11-19)17(22)23-4-2/h1,16,21H,4-15H2,2H3. The van der Waals surface area contributed by atoms with Gasteiger partial charge in [-0.05, 0) is 32.6 Å². The van der Waals surface area contributed by atoms with Gasteiger partial charge in [-0.25, -0.2) is 4.79 Å². The topological polar surface area (TPSA) is 62.2 Å². The Balaban J connectivity index is 1.69. The highest BCUT2D eigenvalue weighted by molar-refractivity contribution is 5.67. The molecule has 1 heterocycles. The van der Waals surface area contributed by atoms with E-state index in [0.717, 1.165) is 38.8 Å². The van der Waals surface area contributed by atoms with Gasteiger partial charge in [0.25, 0.3) is 0 Å². The summed E-state index contributed by atoms with van der Waals surface area (Å²) in [5.41, 5.74) is -0.484. The minimum atomic E-state index is -0.564. The predicted molar refractivity (Wildman–Crippen MR) is 91.6 cm³/mol. The molecule has 1 saturated carbocycles. The molecule has 0 aromatic heterocycles. The maximum Gasteiger partial charge on any atom is 0.409 e. The molecule has 2 fully saturated rings. The number of hydrogen-bond acceptors (Lipinski definition) is 5. The second-order valence-corrected chi connectivity index (χ2v) is 6.65. The molecule has 6 nitrogen and oxygen atoms in total. The van der Waals surface area contributed by atoms with Crippen molar-refractivity contribution in [2.24, 2.45) is 0 Å². The van der Waals surface area contributed by atoms with Gasteiger partial charge >= 0.3 is 6.09 Å². The lowest BCUT2D eigenvalue weighted by Crippen LogP contribution is -2.51. The van der Waals surface area contributed by atoms with Crippen molar-refractivity contribution >= 4 is 6.09 Å². The minimum absolute atomic E-state index is 0.255. The molecule has 1 aliphatic carbocycles. The van der Waals surface area contributed by atoms with E-state index < -0.39 is 11.7 Å². The zero-order chi connectivity index (χ0) is 17.4. The molecule has 0 radical (unpaired) electrons. The molecule has 2 rings (SSSR count). The van der Waals surface area contributed by atoms with Crippen LogP contribution in [0.3, 0.4) is 0 Å². The van der Waals surface area contributed by atoms with E-state index in [1.807, 2.05) is 0 Å². The zero-order valence-electron chi connectivity index (χ0n) is 14.7. The highest BCUT2D eigenvalue weighted by Crippen LogP contribution is 2.31. The van der Waals surface area contributed by atoms with Crippen LogP contribution in [-0.4, -0.2) is 78.6 Å². The highest BCUT2D eigenvalue weighted by Gasteiger charge is 2.32. The van der Waals surface area contributed by atoms with E-state index in [4.69, 9.17) is 15.9 Å². The minimum Gasteiger partial charge on any atom is -0.450 e. The van der Waals surface area contributed by atoms with E-state index >= 15 is 0 Å². The number of β-amino-alcohol motifs (C(OH)–C–C–N with tert-alkyl or cyclic N) is 1. The number of piperazine rings is 1. The summed E-state index contributed by atoms with van der Waals surface area (Å²) in [5.74, 6) is 2.80. The van der Waals surface area contributed by atoms with Crippen molar-refractivity contribution in [3.05, 3.63) is 0 Å². The molecule has 0 spiro atoms. The summed E-state index contributed by atoms with van der Waals surface area (Å²) in [6, 6.07) is 0. The third-order valence-electron chi connectivity index (χ3n) is 4.84. The molecular weight excluding hydrogens is 308 g/mol. The molecule has 1 saturated heterocycles. The van der Waals surface area contributed by atoms with Crippen LogP contribution in [0.1, 0.15) is 39.0 Å². The average Bonchev–Trinajstić information content (AvgIpc) is 2.61. The monoisotopic (exact) mass is 338 g/mol. The maximum atomic E-state index is 11.7. The fraction of sp³-hybridized carbons (Fsp3) is 0.833. The van der Waals surface area contributed by atoms with Crippen LogP contribution in [0.5, 0.6) is 0 Å². The second kappa shape index (κ2) is 9.26. The fourth-order valence-corrected chi connectivity index (χ4v) is 3.39. The van der Waals surface area contributed by atoms with Gasteiger partial charge in [-0.15, -0.1) is 6.42 Å². The second-order valence-electron chi connectivity index (χ2n) is 6.65. The van der Waals surface area contributed by atoms with Crippen molar-refractivity contribution in [1.82, 2.24) is 9.80 Å². The molecule has 0 bridgehead atoms. The quantitative estimate of drug-likeness (QED) is 0.743. The van der Waals surface area contributed by atoms with Crippen molar-refractivity contribution in [3.8, 4) is 12.3 Å². The first-order chi connectivity index (χ1) is 11.6. The SMILES string of the molecule is C#CC1(OCC(O)CN2CCN(C(=O)OCC)CC2)CCCCC1. The predicted octanol–water partition coefficient (Wildman–Crippen LogP) is 1.47. The number of carbonyl (C=O) groups is 1.